The van der Waals surface area contributed by atoms with Crippen LogP contribution in [0.15, 0.2) is 5.38 Å². The molecular weight excluding hydrogens is 292 g/mol. The average molecular weight is 321 g/mol. The number of amides is 1. The maximum absolute atomic E-state index is 12.6. The summed E-state index contributed by atoms with van der Waals surface area (Å²) in [6.45, 7) is 9.00. The van der Waals surface area contributed by atoms with Crippen molar-refractivity contribution in [1.82, 2.24) is 10.2 Å². The molecule has 1 atom stereocenters. The van der Waals surface area contributed by atoms with Crippen LogP contribution in [0, 0.1) is 5.92 Å². The summed E-state index contributed by atoms with van der Waals surface area (Å²) >= 11 is 1.78. The van der Waals surface area contributed by atoms with Crippen molar-refractivity contribution >= 4 is 17.2 Å². The molecule has 1 saturated heterocycles. The zero-order valence-electron chi connectivity index (χ0n) is 14.0. The Kier molecular flexibility index (Phi) is 4.88. The van der Waals surface area contributed by atoms with Gasteiger partial charge in [-0.2, -0.15) is 0 Å². The summed E-state index contributed by atoms with van der Waals surface area (Å²) in [6.07, 6.45) is 5.60. The Morgan fingerprint density at radius 1 is 1.32 bits per heavy atom. The molecule has 0 aromatic carbocycles. The first-order valence-electron chi connectivity index (χ1n) is 8.68. The normalized spacial score (nSPS) is 23.5. The molecule has 1 aromatic rings. The predicted octanol–water partition coefficient (Wildman–Crippen LogP) is 3.48. The van der Waals surface area contributed by atoms with E-state index in [1.165, 1.54) is 16.9 Å². The molecule has 1 aliphatic heterocycles. The van der Waals surface area contributed by atoms with E-state index in [0.29, 0.717) is 12.1 Å². The second-order valence-corrected chi connectivity index (χ2v) is 8.24. The summed E-state index contributed by atoms with van der Waals surface area (Å²) in [5, 5.41) is 5.37. The van der Waals surface area contributed by atoms with E-state index >= 15 is 0 Å². The highest BCUT2D eigenvalue weighted by Gasteiger charge is 2.26. The van der Waals surface area contributed by atoms with E-state index in [9.17, 15) is 4.79 Å². The second-order valence-electron chi connectivity index (χ2n) is 7.28. The Balaban J connectivity index is 1.59. The number of nitrogens with one attached hydrogen (secondary N) is 1. The van der Waals surface area contributed by atoms with Gasteiger partial charge in [0.05, 0.1) is 5.56 Å². The van der Waals surface area contributed by atoms with Crippen molar-refractivity contribution in [1.29, 1.82) is 0 Å². The molecule has 0 radical (unpaired) electrons. The molecule has 1 N–H and O–H groups in total. The van der Waals surface area contributed by atoms with Crippen molar-refractivity contribution in [3.63, 3.8) is 0 Å². The fraction of sp³-hybridized carbons (Fsp3) is 0.722. The zero-order valence-corrected chi connectivity index (χ0v) is 14.8. The van der Waals surface area contributed by atoms with Crippen LogP contribution in [0.2, 0.25) is 0 Å². The highest BCUT2D eigenvalue weighted by molar-refractivity contribution is 7.10. The molecule has 0 unspecified atom stereocenters. The van der Waals surface area contributed by atoms with Crippen molar-refractivity contribution in [2.24, 2.45) is 5.92 Å². The Hall–Kier alpha value is -0.870. The van der Waals surface area contributed by atoms with Crippen molar-refractivity contribution < 1.29 is 4.79 Å². The standard InChI is InChI=1S/C18H28N2OS/c1-12(2)20-8-6-14(7-9-20)19-18(21)16-11-22-17-10-13(3)4-5-15(16)17/h11-14H,4-10H2,1-3H3,(H,19,21)/t13-/m0/s1. The number of thiophene rings is 1. The van der Waals surface area contributed by atoms with E-state index in [1.54, 1.807) is 11.3 Å². The smallest absolute Gasteiger partial charge is 0.252 e. The Labute approximate surface area is 138 Å². The van der Waals surface area contributed by atoms with Gasteiger partial charge in [-0.15, -0.1) is 11.3 Å². The largest absolute Gasteiger partial charge is 0.349 e. The van der Waals surface area contributed by atoms with Crippen LogP contribution in [0.5, 0.6) is 0 Å². The molecule has 0 bridgehead atoms. The van der Waals surface area contributed by atoms with Gasteiger partial charge in [-0.05, 0) is 57.4 Å². The van der Waals surface area contributed by atoms with Gasteiger partial charge in [0.2, 0.25) is 0 Å². The van der Waals surface area contributed by atoms with Crippen LogP contribution in [0.1, 0.15) is 60.8 Å². The van der Waals surface area contributed by atoms with Gasteiger partial charge >= 0.3 is 0 Å². The number of carbonyl (C=O) groups is 1. The molecule has 3 rings (SSSR count). The summed E-state index contributed by atoms with van der Waals surface area (Å²) in [4.78, 5) is 16.6. The number of hydrogen-bond donors (Lipinski definition) is 1. The lowest BCUT2D eigenvalue weighted by Gasteiger charge is -2.34. The molecule has 122 valence electrons. The predicted molar refractivity (Wildman–Crippen MR) is 92.7 cm³/mol. The quantitative estimate of drug-likeness (QED) is 0.925. The molecule has 2 heterocycles. The first kappa shape index (κ1) is 16.0. The summed E-state index contributed by atoms with van der Waals surface area (Å²) in [6, 6.07) is 0.961. The van der Waals surface area contributed by atoms with Crippen LogP contribution < -0.4 is 5.32 Å². The summed E-state index contributed by atoms with van der Waals surface area (Å²) in [5.74, 6) is 0.928. The number of hydrogen-bond acceptors (Lipinski definition) is 3. The van der Waals surface area contributed by atoms with Crippen LogP contribution in [0.3, 0.4) is 0 Å². The minimum absolute atomic E-state index is 0.162. The number of piperidine rings is 1. The molecule has 0 spiro atoms. The maximum Gasteiger partial charge on any atom is 0.252 e. The molecule has 22 heavy (non-hydrogen) atoms. The minimum Gasteiger partial charge on any atom is -0.349 e. The third-order valence-corrected chi connectivity index (χ3v) is 6.29. The fourth-order valence-electron chi connectivity index (χ4n) is 3.69. The van der Waals surface area contributed by atoms with Gasteiger partial charge < -0.3 is 10.2 Å². The lowest BCUT2D eigenvalue weighted by molar-refractivity contribution is 0.0900. The number of rotatable bonds is 3. The van der Waals surface area contributed by atoms with Crippen molar-refractivity contribution in [2.75, 3.05) is 13.1 Å². The Morgan fingerprint density at radius 3 is 2.73 bits per heavy atom. The number of nitrogens with zero attached hydrogens (tertiary/aromatic N) is 1. The molecular formula is C18H28N2OS. The number of carbonyl (C=O) groups excluding carboxylic acids is 1. The maximum atomic E-state index is 12.6. The van der Waals surface area contributed by atoms with Gasteiger partial charge in [-0.25, -0.2) is 0 Å². The van der Waals surface area contributed by atoms with E-state index in [4.69, 9.17) is 0 Å². The van der Waals surface area contributed by atoms with E-state index in [0.717, 1.165) is 50.3 Å². The van der Waals surface area contributed by atoms with Crippen molar-refractivity contribution in [3.05, 3.63) is 21.4 Å². The van der Waals surface area contributed by atoms with E-state index in [1.807, 2.05) is 0 Å². The number of likely N-dealkylation sites (tertiary alicyclic amines) is 1. The Morgan fingerprint density at radius 2 is 2.05 bits per heavy atom. The van der Waals surface area contributed by atoms with E-state index in [-0.39, 0.29) is 5.91 Å². The molecule has 1 aromatic heterocycles. The van der Waals surface area contributed by atoms with E-state index < -0.39 is 0 Å². The topological polar surface area (TPSA) is 32.3 Å². The minimum atomic E-state index is 0.162. The van der Waals surface area contributed by atoms with Crippen LogP contribution >= 0.6 is 11.3 Å². The molecule has 1 amide bonds. The lowest BCUT2D eigenvalue weighted by Crippen LogP contribution is -2.46. The summed E-state index contributed by atoms with van der Waals surface area (Å²) in [5.41, 5.74) is 2.29. The van der Waals surface area contributed by atoms with Gasteiger partial charge in [0, 0.05) is 35.4 Å². The van der Waals surface area contributed by atoms with Gasteiger partial charge in [0.25, 0.3) is 5.91 Å². The zero-order chi connectivity index (χ0) is 15.7. The Bertz CT molecular complexity index is 529. The first-order chi connectivity index (χ1) is 10.5. The molecule has 1 aliphatic carbocycles. The average Bonchev–Trinajstić information content (AvgIpc) is 2.90. The number of fused-ring (bicyclic) bond motifs is 1. The fourth-order valence-corrected chi connectivity index (χ4v) is 4.94. The highest BCUT2D eigenvalue weighted by Crippen LogP contribution is 2.32. The summed E-state index contributed by atoms with van der Waals surface area (Å²) < 4.78 is 0. The third-order valence-electron chi connectivity index (χ3n) is 5.24. The molecule has 4 heteroatoms. The van der Waals surface area contributed by atoms with Crippen molar-refractivity contribution in [3.8, 4) is 0 Å². The van der Waals surface area contributed by atoms with Gasteiger partial charge in [-0.1, -0.05) is 6.92 Å². The lowest BCUT2D eigenvalue weighted by atomic mass is 9.88. The SMILES string of the molecule is CC(C)N1CCC(NC(=O)c2csc3c2CC[C@H](C)C3)CC1. The van der Waals surface area contributed by atoms with Crippen LogP contribution in [0.25, 0.3) is 0 Å². The molecule has 3 nitrogen and oxygen atoms in total. The van der Waals surface area contributed by atoms with Crippen LogP contribution in [-0.4, -0.2) is 36.0 Å². The van der Waals surface area contributed by atoms with E-state index in [2.05, 4.69) is 36.4 Å². The molecule has 1 fully saturated rings. The van der Waals surface area contributed by atoms with Gasteiger partial charge in [-0.3, -0.25) is 4.79 Å². The van der Waals surface area contributed by atoms with Gasteiger partial charge in [0.15, 0.2) is 0 Å². The molecule has 2 aliphatic rings. The molecule has 0 saturated carbocycles. The van der Waals surface area contributed by atoms with Crippen LogP contribution in [0.4, 0.5) is 0 Å². The first-order valence-corrected chi connectivity index (χ1v) is 9.56. The summed E-state index contributed by atoms with van der Waals surface area (Å²) in [7, 11) is 0. The second kappa shape index (κ2) is 6.71. The third kappa shape index (κ3) is 3.38. The monoisotopic (exact) mass is 320 g/mol. The van der Waals surface area contributed by atoms with Crippen molar-refractivity contribution in [2.45, 2.75) is 65.0 Å². The van der Waals surface area contributed by atoms with Crippen LogP contribution in [-0.2, 0) is 12.8 Å². The highest BCUT2D eigenvalue weighted by atomic mass is 32.1. The van der Waals surface area contributed by atoms with Gasteiger partial charge in [0.1, 0.15) is 0 Å².